The first-order chi connectivity index (χ1) is 10.6. The number of nitrogens with one attached hydrogen (secondary N) is 1. The highest BCUT2D eigenvalue weighted by Gasteiger charge is 2.12. The topological polar surface area (TPSA) is 46.0 Å². The zero-order chi connectivity index (χ0) is 15.5. The van der Waals surface area contributed by atoms with Gasteiger partial charge in [0.1, 0.15) is 11.6 Å². The lowest BCUT2D eigenvalue weighted by Gasteiger charge is -2.02. The van der Waals surface area contributed by atoms with Crippen molar-refractivity contribution in [2.24, 2.45) is 5.10 Å². The number of nitrogens with zero attached hydrogens (tertiary/aromatic N) is 3. The molecule has 0 saturated carbocycles. The summed E-state index contributed by atoms with van der Waals surface area (Å²) in [5.74, 6) is -0.552. The van der Waals surface area contributed by atoms with Crippen molar-refractivity contribution in [3.63, 3.8) is 0 Å². The Kier molecular flexibility index (Phi) is 3.88. The molecule has 0 amide bonds. The molecule has 22 heavy (non-hydrogen) atoms. The van der Waals surface area contributed by atoms with Crippen LogP contribution in [-0.2, 0) is 0 Å². The highest BCUT2D eigenvalue weighted by molar-refractivity contribution is 7.71. The van der Waals surface area contributed by atoms with Crippen LogP contribution in [0, 0.1) is 16.4 Å². The Labute approximate surface area is 129 Å². The molecule has 0 fully saturated rings. The molecule has 1 heterocycles. The number of H-pyrrole nitrogens is 1. The number of hydrogen-bond donors (Lipinski definition) is 1. The van der Waals surface area contributed by atoms with Gasteiger partial charge in [-0.15, -0.1) is 0 Å². The van der Waals surface area contributed by atoms with Gasteiger partial charge in [0, 0.05) is 0 Å². The second-order valence-electron chi connectivity index (χ2n) is 4.44. The molecule has 1 N–H and O–H groups in total. The van der Waals surface area contributed by atoms with Crippen LogP contribution in [0.5, 0.6) is 0 Å². The number of halogens is 2. The van der Waals surface area contributed by atoms with Gasteiger partial charge in [-0.25, -0.2) is 13.9 Å². The van der Waals surface area contributed by atoms with Gasteiger partial charge in [0.2, 0.25) is 4.77 Å². The Morgan fingerprint density at radius 2 is 1.95 bits per heavy atom. The smallest absolute Gasteiger partial charge is 0.216 e. The van der Waals surface area contributed by atoms with Crippen molar-refractivity contribution in [3.05, 3.63) is 70.5 Å². The van der Waals surface area contributed by atoms with Crippen LogP contribution >= 0.6 is 12.2 Å². The molecule has 1 aromatic heterocycles. The van der Waals surface area contributed by atoms with Crippen LogP contribution in [0.15, 0.2) is 53.6 Å². The van der Waals surface area contributed by atoms with Gasteiger partial charge in [0.05, 0.1) is 11.8 Å². The van der Waals surface area contributed by atoms with Crippen molar-refractivity contribution in [2.45, 2.75) is 0 Å². The van der Waals surface area contributed by atoms with Crippen LogP contribution < -0.4 is 0 Å². The van der Waals surface area contributed by atoms with Crippen LogP contribution in [0.25, 0.3) is 11.4 Å². The van der Waals surface area contributed by atoms with Crippen LogP contribution in [0.2, 0.25) is 0 Å². The van der Waals surface area contributed by atoms with Gasteiger partial charge >= 0.3 is 0 Å². The third-order valence-corrected chi connectivity index (χ3v) is 3.20. The van der Waals surface area contributed by atoms with Crippen molar-refractivity contribution < 1.29 is 8.78 Å². The molecule has 7 heteroatoms. The average Bonchev–Trinajstić information content (AvgIpc) is 2.87. The Morgan fingerprint density at radius 3 is 2.73 bits per heavy atom. The SMILES string of the molecule is Fc1cccc(/C=N\n2c(-c3ccccc3F)n[nH]c2=S)c1. The lowest BCUT2D eigenvalue weighted by atomic mass is 10.2. The first kappa shape index (κ1) is 14.3. The minimum absolute atomic E-state index is 0.214. The quantitative estimate of drug-likeness (QED) is 0.590. The van der Waals surface area contributed by atoms with Crippen LogP contribution in [0.3, 0.4) is 0 Å². The first-order valence-corrected chi connectivity index (χ1v) is 6.78. The lowest BCUT2D eigenvalue weighted by Crippen LogP contribution is -1.97. The maximum absolute atomic E-state index is 13.9. The normalized spacial score (nSPS) is 11.2. The molecule has 3 rings (SSSR count). The van der Waals surface area contributed by atoms with Crippen molar-refractivity contribution in [1.29, 1.82) is 0 Å². The molecule has 0 bridgehead atoms. The largest absolute Gasteiger partial charge is 0.250 e. The Bertz CT molecular complexity index is 898. The second-order valence-corrected chi connectivity index (χ2v) is 4.83. The molecule has 0 aliphatic heterocycles. The van der Waals surface area contributed by atoms with E-state index >= 15 is 0 Å². The van der Waals surface area contributed by atoms with E-state index in [1.165, 1.54) is 29.1 Å². The van der Waals surface area contributed by atoms with E-state index in [2.05, 4.69) is 15.3 Å². The zero-order valence-electron chi connectivity index (χ0n) is 11.2. The number of aromatic amines is 1. The maximum atomic E-state index is 13.9. The Hall–Kier alpha value is -2.67. The molecule has 0 saturated heterocycles. The van der Waals surface area contributed by atoms with E-state index in [0.717, 1.165) is 0 Å². The number of benzene rings is 2. The van der Waals surface area contributed by atoms with Gasteiger partial charge in [0.25, 0.3) is 0 Å². The van der Waals surface area contributed by atoms with Gasteiger partial charge in [-0.1, -0.05) is 24.3 Å². The summed E-state index contributed by atoms with van der Waals surface area (Å²) >= 11 is 5.09. The van der Waals surface area contributed by atoms with Gasteiger partial charge in [-0.3, -0.25) is 0 Å². The summed E-state index contributed by atoms with van der Waals surface area (Å²) < 4.78 is 28.5. The van der Waals surface area contributed by atoms with E-state index in [4.69, 9.17) is 12.2 Å². The highest BCUT2D eigenvalue weighted by Crippen LogP contribution is 2.20. The first-order valence-electron chi connectivity index (χ1n) is 6.37. The Balaban J connectivity index is 2.04. The van der Waals surface area contributed by atoms with Gasteiger partial charge in [-0.2, -0.15) is 14.9 Å². The van der Waals surface area contributed by atoms with E-state index in [-0.39, 0.29) is 22.0 Å². The molecular formula is C15H10F2N4S. The maximum Gasteiger partial charge on any atom is 0.216 e. The monoisotopic (exact) mass is 316 g/mol. The summed E-state index contributed by atoms with van der Waals surface area (Å²) in [6, 6.07) is 12.1. The molecule has 0 radical (unpaired) electrons. The summed E-state index contributed by atoms with van der Waals surface area (Å²) in [7, 11) is 0. The van der Waals surface area contributed by atoms with E-state index in [1.54, 1.807) is 30.3 Å². The summed E-state index contributed by atoms with van der Waals surface area (Å²) in [6.45, 7) is 0. The van der Waals surface area contributed by atoms with Crippen LogP contribution in [0.4, 0.5) is 8.78 Å². The van der Waals surface area contributed by atoms with Crippen LogP contribution in [0.1, 0.15) is 5.56 Å². The molecule has 4 nitrogen and oxygen atoms in total. The van der Waals surface area contributed by atoms with E-state index in [0.29, 0.717) is 5.56 Å². The average molecular weight is 316 g/mol. The van der Waals surface area contributed by atoms with Crippen LogP contribution in [-0.4, -0.2) is 21.1 Å². The van der Waals surface area contributed by atoms with Crippen molar-refractivity contribution in [2.75, 3.05) is 0 Å². The number of hydrogen-bond acceptors (Lipinski definition) is 3. The molecule has 0 aliphatic carbocycles. The summed E-state index contributed by atoms with van der Waals surface area (Å²) in [6.07, 6.45) is 1.43. The third-order valence-electron chi connectivity index (χ3n) is 2.94. The summed E-state index contributed by atoms with van der Waals surface area (Å²) in [5.41, 5.74) is 0.828. The minimum Gasteiger partial charge on any atom is -0.250 e. The van der Waals surface area contributed by atoms with E-state index < -0.39 is 5.82 Å². The van der Waals surface area contributed by atoms with Gasteiger partial charge in [0.15, 0.2) is 5.82 Å². The molecule has 2 aromatic carbocycles. The molecule has 3 aromatic rings. The third kappa shape index (κ3) is 2.84. The molecule has 0 aliphatic rings. The fraction of sp³-hybridized carbons (Fsp3) is 0. The van der Waals surface area contributed by atoms with E-state index in [1.807, 2.05) is 0 Å². The fourth-order valence-electron chi connectivity index (χ4n) is 1.93. The van der Waals surface area contributed by atoms with Crippen molar-refractivity contribution >= 4 is 18.4 Å². The molecule has 0 unspecified atom stereocenters. The summed E-state index contributed by atoms with van der Waals surface area (Å²) in [4.78, 5) is 0. The Morgan fingerprint density at radius 1 is 1.14 bits per heavy atom. The van der Waals surface area contributed by atoms with Gasteiger partial charge < -0.3 is 0 Å². The predicted molar refractivity (Wildman–Crippen MR) is 82.2 cm³/mol. The minimum atomic E-state index is -0.432. The molecule has 0 atom stereocenters. The molecule has 110 valence electrons. The molecule has 0 spiro atoms. The number of aromatic nitrogens is 3. The van der Waals surface area contributed by atoms with E-state index in [9.17, 15) is 8.78 Å². The number of rotatable bonds is 3. The second kappa shape index (κ2) is 5.98. The van der Waals surface area contributed by atoms with Crippen molar-refractivity contribution in [1.82, 2.24) is 14.9 Å². The molecular weight excluding hydrogens is 306 g/mol. The zero-order valence-corrected chi connectivity index (χ0v) is 12.0. The summed E-state index contributed by atoms with van der Waals surface area (Å²) in [5, 5.41) is 10.7. The fourth-order valence-corrected chi connectivity index (χ4v) is 2.11. The lowest BCUT2D eigenvalue weighted by molar-refractivity contribution is 0.627. The standard InChI is InChI=1S/C15H10F2N4S/c16-11-5-3-4-10(8-11)9-18-21-14(19-20-15(21)22)12-6-1-2-7-13(12)17/h1-9H,(H,20,22)/b18-9-. The van der Waals surface area contributed by atoms with Gasteiger partial charge in [-0.05, 0) is 42.0 Å². The highest BCUT2D eigenvalue weighted by atomic mass is 32.1. The predicted octanol–water partition coefficient (Wildman–Crippen LogP) is 3.77. The van der Waals surface area contributed by atoms with Crippen molar-refractivity contribution in [3.8, 4) is 11.4 Å².